The van der Waals surface area contributed by atoms with Crippen molar-refractivity contribution in [3.05, 3.63) is 28.3 Å². The molecule has 4 nitrogen and oxygen atoms in total. The molecule has 2 aliphatic carbocycles. The largest absolute Gasteiger partial charge is 0.492 e. The van der Waals surface area contributed by atoms with E-state index in [1.807, 2.05) is 6.07 Å². The van der Waals surface area contributed by atoms with Crippen LogP contribution in [0.1, 0.15) is 36.8 Å². The van der Waals surface area contributed by atoms with Crippen LogP contribution in [0, 0.1) is 11.8 Å². The SMILES string of the molecule is COCCCc1cc(CNC2CC2)c(Cl)c(OCC2CC2C=O)c1. The average Bonchev–Trinajstić information content (AvgIpc) is 3.48. The first-order valence-electron chi connectivity index (χ1n) is 8.83. The summed E-state index contributed by atoms with van der Waals surface area (Å²) in [6, 6.07) is 4.85. The van der Waals surface area contributed by atoms with Gasteiger partial charge in [0.15, 0.2) is 0 Å². The predicted octanol–water partition coefficient (Wildman–Crippen LogP) is 3.38. The molecule has 3 rings (SSSR count). The van der Waals surface area contributed by atoms with Gasteiger partial charge in [-0.25, -0.2) is 0 Å². The smallest absolute Gasteiger partial charge is 0.138 e. The van der Waals surface area contributed by atoms with Crippen LogP contribution in [-0.2, 0) is 22.5 Å². The molecule has 0 heterocycles. The molecule has 1 aromatic rings. The zero-order chi connectivity index (χ0) is 16.9. The first-order chi connectivity index (χ1) is 11.7. The van der Waals surface area contributed by atoms with Crippen molar-refractivity contribution in [2.24, 2.45) is 11.8 Å². The number of hydrogen-bond donors (Lipinski definition) is 1. The molecule has 2 aliphatic rings. The van der Waals surface area contributed by atoms with Gasteiger partial charge in [0.05, 0.1) is 11.6 Å². The van der Waals surface area contributed by atoms with Gasteiger partial charge in [-0.15, -0.1) is 0 Å². The van der Waals surface area contributed by atoms with Crippen molar-refractivity contribution in [3.63, 3.8) is 0 Å². The van der Waals surface area contributed by atoms with Crippen LogP contribution >= 0.6 is 11.6 Å². The number of methoxy groups -OCH3 is 1. The normalized spacial score (nSPS) is 22.4. The first-order valence-corrected chi connectivity index (χ1v) is 9.20. The molecule has 0 spiro atoms. The van der Waals surface area contributed by atoms with Crippen molar-refractivity contribution in [3.8, 4) is 5.75 Å². The molecule has 2 fully saturated rings. The second-order valence-corrected chi connectivity index (χ2v) is 7.30. The van der Waals surface area contributed by atoms with Crippen molar-refractivity contribution >= 4 is 17.9 Å². The lowest BCUT2D eigenvalue weighted by Gasteiger charge is -2.15. The van der Waals surface area contributed by atoms with Crippen molar-refractivity contribution in [2.75, 3.05) is 20.3 Å². The topological polar surface area (TPSA) is 47.6 Å². The summed E-state index contributed by atoms with van der Waals surface area (Å²) < 4.78 is 11.1. The molecular weight excluding hydrogens is 326 g/mol. The molecule has 2 unspecified atom stereocenters. The number of rotatable bonds is 11. The van der Waals surface area contributed by atoms with E-state index in [0.29, 0.717) is 23.6 Å². The van der Waals surface area contributed by atoms with Crippen LogP contribution in [-0.4, -0.2) is 32.7 Å². The first kappa shape index (κ1) is 17.7. The van der Waals surface area contributed by atoms with Crippen molar-refractivity contribution in [1.82, 2.24) is 5.32 Å². The van der Waals surface area contributed by atoms with E-state index in [9.17, 15) is 4.79 Å². The molecule has 5 heteroatoms. The Hall–Kier alpha value is -1.10. The van der Waals surface area contributed by atoms with Crippen LogP contribution in [0.25, 0.3) is 0 Å². The van der Waals surface area contributed by atoms with E-state index >= 15 is 0 Å². The minimum Gasteiger partial charge on any atom is -0.492 e. The standard InChI is InChI=1S/C19H26ClNO3/c1-23-6-2-3-13-7-14(10-21-17-4-5-17)19(20)18(8-13)24-12-16-9-15(16)11-22/h7-8,11,15-17,21H,2-6,9-10,12H2,1H3. The molecule has 2 saturated carbocycles. The van der Waals surface area contributed by atoms with Gasteiger partial charge in [-0.3, -0.25) is 0 Å². The second kappa shape index (κ2) is 8.32. The minimum atomic E-state index is 0.171. The van der Waals surface area contributed by atoms with Crippen molar-refractivity contribution in [2.45, 2.75) is 44.7 Å². The fourth-order valence-corrected chi connectivity index (χ4v) is 3.12. The van der Waals surface area contributed by atoms with Crippen LogP contribution in [0.15, 0.2) is 12.1 Å². The zero-order valence-corrected chi connectivity index (χ0v) is 15.0. The summed E-state index contributed by atoms with van der Waals surface area (Å²) in [5.41, 5.74) is 2.32. The summed E-state index contributed by atoms with van der Waals surface area (Å²) in [7, 11) is 1.72. The van der Waals surface area contributed by atoms with Crippen LogP contribution in [0.3, 0.4) is 0 Å². The summed E-state index contributed by atoms with van der Waals surface area (Å²) >= 11 is 6.56. The highest BCUT2D eigenvalue weighted by atomic mass is 35.5. The quantitative estimate of drug-likeness (QED) is 0.490. The molecule has 0 amide bonds. The number of aldehydes is 1. The van der Waals surface area contributed by atoms with E-state index < -0.39 is 0 Å². The third-order valence-corrected chi connectivity index (χ3v) is 5.18. The molecule has 0 bridgehead atoms. The number of carbonyl (C=O) groups is 1. The lowest BCUT2D eigenvalue weighted by Crippen LogP contribution is -2.16. The average molecular weight is 352 g/mol. The zero-order valence-electron chi connectivity index (χ0n) is 14.2. The molecule has 0 radical (unpaired) electrons. The number of aryl methyl sites for hydroxylation is 1. The van der Waals surface area contributed by atoms with Gasteiger partial charge < -0.3 is 19.6 Å². The molecule has 0 saturated heterocycles. The predicted molar refractivity (Wildman–Crippen MR) is 94.7 cm³/mol. The number of hydrogen-bond acceptors (Lipinski definition) is 4. The number of ether oxygens (including phenoxy) is 2. The molecule has 1 N–H and O–H groups in total. The summed E-state index contributed by atoms with van der Waals surface area (Å²) in [6.45, 7) is 2.09. The van der Waals surface area contributed by atoms with Crippen molar-refractivity contribution < 1.29 is 14.3 Å². The number of carbonyl (C=O) groups excluding carboxylic acids is 1. The molecule has 132 valence electrons. The van der Waals surface area contributed by atoms with Gasteiger partial charge in [-0.05, 0) is 49.3 Å². The Morgan fingerprint density at radius 3 is 2.88 bits per heavy atom. The van der Waals surface area contributed by atoms with Crippen LogP contribution in [0.4, 0.5) is 0 Å². The van der Waals surface area contributed by atoms with Gasteiger partial charge in [0.25, 0.3) is 0 Å². The maximum absolute atomic E-state index is 10.8. The van der Waals surface area contributed by atoms with E-state index in [4.69, 9.17) is 21.1 Å². The highest BCUT2D eigenvalue weighted by Gasteiger charge is 2.37. The number of halogens is 1. The van der Waals surface area contributed by atoms with Gasteiger partial charge >= 0.3 is 0 Å². The third kappa shape index (κ3) is 4.95. The third-order valence-electron chi connectivity index (χ3n) is 4.75. The van der Waals surface area contributed by atoms with Gasteiger partial charge in [0.2, 0.25) is 0 Å². The Bertz CT molecular complexity index is 574. The second-order valence-electron chi connectivity index (χ2n) is 6.93. The van der Waals surface area contributed by atoms with E-state index in [1.165, 1.54) is 18.4 Å². The van der Waals surface area contributed by atoms with Gasteiger partial charge in [-0.2, -0.15) is 0 Å². The molecular formula is C19H26ClNO3. The summed E-state index contributed by atoms with van der Waals surface area (Å²) in [5, 5.41) is 4.21. The summed E-state index contributed by atoms with van der Waals surface area (Å²) in [4.78, 5) is 10.8. The molecule has 2 atom stereocenters. The van der Waals surface area contributed by atoms with E-state index in [1.54, 1.807) is 7.11 Å². The fourth-order valence-electron chi connectivity index (χ4n) is 2.89. The van der Waals surface area contributed by atoms with Crippen LogP contribution in [0.5, 0.6) is 5.75 Å². The molecule has 0 aromatic heterocycles. The van der Waals surface area contributed by atoms with E-state index in [0.717, 1.165) is 50.0 Å². The maximum atomic E-state index is 10.8. The summed E-state index contributed by atoms with van der Waals surface area (Å²) in [5.74, 6) is 1.27. The Morgan fingerprint density at radius 1 is 1.38 bits per heavy atom. The van der Waals surface area contributed by atoms with Crippen LogP contribution < -0.4 is 10.1 Å². The fraction of sp³-hybridized carbons (Fsp3) is 0.632. The maximum Gasteiger partial charge on any atom is 0.138 e. The lowest BCUT2D eigenvalue weighted by molar-refractivity contribution is -0.109. The Balaban J connectivity index is 1.66. The molecule has 1 aromatic carbocycles. The monoisotopic (exact) mass is 351 g/mol. The van der Waals surface area contributed by atoms with E-state index in [2.05, 4.69) is 11.4 Å². The minimum absolute atomic E-state index is 0.171. The number of nitrogens with one attached hydrogen (secondary N) is 1. The molecule has 0 aliphatic heterocycles. The van der Waals surface area contributed by atoms with Crippen molar-refractivity contribution in [1.29, 1.82) is 0 Å². The Labute approximate surface area is 148 Å². The van der Waals surface area contributed by atoms with Gasteiger partial charge in [0, 0.05) is 38.1 Å². The van der Waals surface area contributed by atoms with E-state index in [-0.39, 0.29) is 5.92 Å². The lowest BCUT2D eigenvalue weighted by atomic mass is 10.1. The Morgan fingerprint density at radius 2 is 2.21 bits per heavy atom. The Kier molecular flexibility index (Phi) is 6.14. The molecule has 24 heavy (non-hydrogen) atoms. The highest BCUT2D eigenvalue weighted by molar-refractivity contribution is 6.32. The summed E-state index contributed by atoms with van der Waals surface area (Å²) in [6.07, 6.45) is 6.39. The van der Waals surface area contributed by atoms with Gasteiger partial charge in [-0.1, -0.05) is 17.7 Å². The number of benzene rings is 1. The highest BCUT2D eigenvalue weighted by Crippen LogP contribution is 2.38. The van der Waals surface area contributed by atoms with Crippen LogP contribution in [0.2, 0.25) is 5.02 Å². The van der Waals surface area contributed by atoms with Gasteiger partial charge in [0.1, 0.15) is 12.0 Å².